The largest absolute Gasteiger partial charge is 0.386 e. The van der Waals surface area contributed by atoms with E-state index < -0.39 is 6.10 Å². The smallest absolute Gasteiger partial charge is 0.268 e. The Balaban J connectivity index is 1.56. The molecular weight excluding hydrogens is 355 g/mol. The summed E-state index contributed by atoms with van der Waals surface area (Å²) in [7, 11) is 0. The van der Waals surface area contributed by atoms with Crippen molar-refractivity contribution in [1.29, 1.82) is 0 Å². The lowest BCUT2D eigenvalue weighted by atomic mass is 10.1. The number of benzene rings is 1. The molecule has 0 fully saturated rings. The third-order valence-electron chi connectivity index (χ3n) is 4.13. The number of aromatic nitrogens is 1. The summed E-state index contributed by atoms with van der Waals surface area (Å²) >= 11 is 13.4. The van der Waals surface area contributed by atoms with Crippen LogP contribution in [0.1, 0.15) is 27.7 Å². The number of nitrogens with one attached hydrogen (secondary N) is 2. The first-order valence-corrected chi connectivity index (χ1v) is 8.65. The van der Waals surface area contributed by atoms with Crippen LogP contribution in [0.3, 0.4) is 0 Å². The molecule has 1 aromatic carbocycles. The minimum atomic E-state index is -0.690. The highest BCUT2D eigenvalue weighted by molar-refractivity contribution is 7.23. The van der Waals surface area contributed by atoms with E-state index in [1.807, 2.05) is 24.3 Å². The molecule has 2 aromatic heterocycles. The number of hydrogen-bond acceptors (Lipinski definition) is 3. The summed E-state index contributed by atoms with van der Waals surface area (Å²) in [6.07, 6.45) is -0.0747. The van der Waals surface area contributed by atoms with Gasteiger partial charge in [-0.25, -0.2) is 0 Å². The second-order valence-electron chi connectivity index (χ2n) is 5.54. The molecule has 0 spiro atoms. The Labute approximate surface area is 146 Å². The van der Waals surface area contributed by atoms with Gasteiger partial charge in [-0.1, -0.05) is 47.5 Å². The predicted molar refractivity (Wildman–Crippen MR) is 92.6 cm³/mol. The Kier molecular flexibility index (Phi) is 3.61. The molecule has 0 saturated carbocycles. The van der Waals surface area contributed by atoms with Crippen LogP contribution in [0, 0.1) is 0 Å². The number of halogens is 2. The van der Waals surface area contributed by atoms with Crippen LogP contribution in [-0.2, 0) is 6.42 Å². The van der Waals surface area contributed by atoms with Crippen LogP contribution in [0.2, 0.25) is 9.36 Å². The van der Waals surface area contributed by atoms with E-state index in [4.69, 9.17) is 23.2 Å². The molecule has 1 aliphatic carbocycles. The summed E-state index contributed by atoms with van der Waals surface area (Å²) in [6, 6.07) is 9.06. The van der Waals surface area contributed by atoms with Crippen molar-refractivity contribution in [3.63, 3.8) is 0 Å². The van der Waals surface area contributed by atoms with Crippen molar-refractivity contribution in [2.75, 3.05) is 0 Å². The third-order valence-corrected chi connectivity index (χ3v) is 6.06. The van der Waals surface area contributed by atoms with Gasteiger partial charge in [0.25, 0.3) is 5.91 Å². The Morgan fingerprint density at radius 3 is 2.87 bits per heavy atom. The van der Waals surface area contributed by atoms with Crippen molar-refractivity contribution in [2.24, 2.45) is 0 Å². The Bertz CT molecular complexity index is 918. The first kappa shape index (κ1) is 15.0. The van der Waals surface area contributed by atoms with Gasteiger partial charge in [0.05, 0.1) is 27.4 Å². The maximum absolute atomic E-state index is 12.4. The van der Waals surface area contributed by atoms with Gasteiger partial charge in [0.1, 0.15) is 10.0 Å². The molecule has 2 heterocycles. The number of carbonyl (C=O) groups excluding carboxylic acids is 1. The predicted octanol–water partition coefficient (Wildman–Crippen LogP) is 3.92. The Morgan fingerprint density at radius 2 is 2.13 bits per heavy atom. The quantitative estimate of drug-likeness (QED) is 0.643. The van der Waals surface area contributed by atoms with Crippen LogP contribution in [0.4, 0.5) is 0 Å². The number of carbonyl (C=O) groups is 1. The number of rotatable bonds is 2. The average Bonchev–Trinajstić information content (AvgIpc) is 3.16. The van der Waals surface area contributed by atoms with Crippen LogP contribution in [-0.4, -0.2) is 22.0 Å². The van der Waals surface area contributed by atoms with Gasteiger partial charge in [-0.3, -0.25) is 4.79 Å². The van der Waals surface area contributed by atoms with Gasteiger partial charge < -0.3 is 15.4 Å². The molecule has 3 N–H and O–H groups in total. The Hall–Kier alpha value is -1.53. The fraction of sp³-hybridized carbons (Fsp3) is 0.188. The van der Waals surface area contributed by atoms with Gasteiger partial charge in [-0.15, -0.1) is 11.3 Å². The molecule has 0 saturated heterocycles. The van der Waals surface area contributed by atoms with Crippen molar-refractivity contribution in [1.82, 2.24) is 10.3 Å². The molecule has 0 bridgehead atoms. The zero-order valence-corrected chi connectivity index (χ0v) is 14.1. The Morgan fingerprint density at radius 1 is 1.35 bits per heavy atom. The van der Waals surface area contributed by atoms with E-state index in [1.54, 1.807) is 6.07 Å². The number of amides is 1. The first-order chi connectivity index (χ1) is 11.0. The molecule has 1 aliphatic rings. The lowest BCUT2D eigenvalue weighted by Gasteiger charge is -2.16. The third kappa shape index (κ3) is 2.44. The van der Waals surface area contributed by atoms with E-state index in [2.05, 4.69) is 10.3 Å². The van der Waals surface area contributed by atoms with Gasteiger partial charge >= 0.3 is 0 Å². The van der Waals surface area contributed by atoms with Gasteiger partial charge in [-0.05, 0) is 23.6 Å². The fourth-order valence-corrected chi connectivity index (χ4v) is 4.47. The minimum Gasteiger partial charge on any atom is -0.386 e. The monoisotopic (exact) mass is 366 g/mol. The van der Waals surface area contributed by atoms with Crippen LogP contribution in [0.5, 0.6) is 0 Å². The maximum atomic E-state index is 12.4. The molecule has 0 radical (unpaired) electrons. The SMILES string of the molecule is O=C(NC1Cc2ccccc2[C@@H]1O)c1cc2sc(Cl)c(Cl)c2[nH]1. The van der Waals surface area contributed by atoms with Crippen molar-refractivity contribution in [3.05, 3.63) is 56.5 Å². The minimum absolute atomic E-state index is 0.266. The normalized spacial score (nSPS) is 20.0. The fourth-order valence-electron chi connectivity index (χ4n) is 2.99. The number of fused-ring (bicyclic) bond motifs is 2. The van der Waals surface area contributed by atoms with Gasteiger partial charge in [-0.2, -0.15) is 0 Å². The van der Waals surface area contributed by atoms with Crippen LogP contribution in [0.15, 0.2) is 30.3 Å². The molecular formula is C16H12Cl2N2O2S. The van der Waals surface area contributed by atoms with Crippen LogP contribution < -0.4 is 5.32 Å². The average molecular weight is 367 g/mol. The van der Waals surface area contributed by atoms with Crippen LogP contribution >= 0.6 is 34.5 Å². The number of aliphatic hydroxyl groups excluding tert-OH is 1. The summed E-state index contributed by atoms with van der Waals surface area (Å²) in [6.45, 7) is 0. The van der Waals surface area contributed by atoms with Crippen molar-refractivity contribution < 1.29 is 9.90 Å². The number of aromatic amines is 1. The van der Waals surface area contributed by atoms with Crippen molar-refractivity contribution in [2.45, 2.75) is 18.6 Å². The molecule has 4 rings (SSSR count). The highest BCUT2D eigenvalue weighted by Gasteiger charge is 2.32. The lowest BCUT2D eigenvalue weighted by Crippen LogP contribution is -2.37. The number of aliphatic hydroxyl groups is 1. The molecule has 1 amide bonds. The molecule has 7 heteroatoms. The summed E-state index contributed by atoms with van der Waals surface area (Å²) in [5.74, 6) is -0.266. The van der Waals surface area contributed by atoms with E-state index in [0.29, 0.717) is 27.0 Å². The summed E-state index contributed by atoms with van der Waals surface area (Å²) in [5, 5.41) is 13.7. The van der Waals surface area contributed by atoms with Crippen LogP contribution in [0.25, 0.3) is 10.2 Å². The number of hydrogen-bond donors (Lipinski definition) is 3. The van der Waals surface area contributed by atoms with Gasteiger partial charge in [0.15, 0.2) is 0 Å². The molecule has 4 nitrogen and oxygen atoms in total. The molecule has 1 unspecified atom stereocenters. The second kappa shape index (κ2) is 5.53. The summed E-state index contributed by atoms with van der Waals surface area (Å²) in [5.41, 5.74) is 3.02. The highest BCUT2D eigenvalue weighted by atomic mass is 35.5. The van der Waals surface area contributed by atoms with E-state index in [9.17, 15) is 9.90 Å². The summed E-state index contributed by atoms with van der Waals surface area (Å²) in [4.78, 5) is 15.4. The van der Waals surface area contributed by atoms with Gasteiger partial charge in [0.2, 0.25) is 0 Å². The van der Waals surface area contributed by atoms with E-state index in [-0.39, 0.29) is 11.9 Å². The second-order valence-corrected chi connectivity index (χ2v) is 7.57. The topological polar surface area (TPSA) is 65.1 Å². The first-order valence-electron chi connectivity index (χ1n) is 7.08. The molecule has 3 aromatic rings. The molecule has 0 aliphatic heterocycles. The van der Waals surface area contributed by atoms with Crippen molar-refractivity contribution in [3.8, 4) is 0 Å². The van der Waals surface area contributed by atoms with E-state index in [1.165, 1.54) is 11.3 Å². The van der Waals surface area contributed by atoms with E-state index in [0.717, 1.165) is 15.8 Å². The number of thiophene rings is 1. The van der Waals surface area contributed by atoms with Gasteiger partial charge in [0, 0.05) is 0 Å². The standard InChI is InChI=1S/C16H12Cl2N2O2S/c17-12-13-11(23-15(12)18)6-10(19-13)16(22)20-9-5-7-3-1-2-4-8(7)14(9)21/h1-4,6,9,14,19,21H,5H2,(H,20,22)/t9?,14-/m0/s1. The highest BCUT2D eigenvalue weighted by Crippen LogP contribution is 2.39. The number of H-pyrrole nitrogens is 1. The van der Waals surface area contributed by atoms with E-state index >= 15 is 0 Å². The lowest BCUT2D eigenvalue weighted by molar-refractivity contribution is 0.0854. The molecule has 118 valence electrons. The van der Waals surface area contributed by atoms with Crippen molar-refractivity contribution >= 4 is 50.7 Å². The zero-order valence-electron chi connectivity index (χ0n) is 11.8. The molecule has 23 heavy (non-hydrogen) atoms. The zero-order chi connectivity index (χ0) is 16.1. The molecule has 2 atom stereocenters. The maximum Gasteiger partial charge on any atom is 0.268 e. The summed E-state index contributed by atoms with van der Waals surface area (Å²) < 4.78 is 1.34.